The van der Waals surface area contributed by atoms with Gasteiger partial charge in [0.05, 0.1) is 11.4 Å². The number of nitrogens with zero attached hydrogens (tertiary/aromatic N) is 3. The van der Waals surface area contributed by atoms with Crippen LogP contribution in [0.1, 0.15) is 18.5 Å². The van der Waals surface area contributed by atoms with Crippen LogP contribution < -0.4 is 0 Å². The Labute approximate surface area is 163 Å². The molecule has 29 heavy (non-hydrogen) atoms. The number of piperidine rings is 1. The molecule has 0 bridgehead atoms. The van der Waals surface area contributed by atoms with Crippen LogP contribution in [0.3, 0.4) is 0 Å². The number of aliphatic hydroxyl groups excluding tert-OH is 1. The zero-order valence-electron chi connectivity index (χ0n) is 15.4. The number of halogens is 4. The van der Waals surface area contributed by atoms with Gasteiger partial charge in [0.2, 0.25) is 0 Å². The molecule has 1 amide bonds. The lowest BCUT2D eigenvalue weighted by Crippen LogP contribution is -2.43. The summed E-state index contributed by atoms with van der Waals surface area (Å²) in [7, 11) is 0. The first-order valence-corrected chi connectivity index (χ1v) is 9.17. The summed E-state index contributed by atoms with van der Waals surface area (Å²) in [6.45, 7) is 1.75. The summed E-state index contributed by atoms with van der Waals surface area (Å²) in [6, 6.07) is 7.81. The number of hydrogen-bond donors (Lipinski definition) is 1. The standard InChI is InChI=1S/C19H19F4N3O3/c1-10(17(27)19(21,22)23)29-18(28)25-8-13-14(9-25)16(13)15-6-7-26(24-15)12-4-2-11(20)3-5-12/h2-7,10,13-14,16-17,27H,8-9H2,1H3/t10-,13-,14+,16+,17-/m1/s1. The van der Waals surface area contributed by atoms with Crippen LogP contribution in [0, 0.1) is 17.7 Å². The lowest BCUT2D eigenvalue weighted by Gasteiger charge is -2.25. The third-order valence-electron chi connectivity index (χ3n) is 5.56. The van der Waals surface area contributed by atoms with E-state index in [2.05, 4.69) is 5.10 Å². The predicted octanol–water partition coefficient (Wildman–Crippen LogP) is 3.10. The molecule has 1 aliphatic heterocycles. The van der Waals surface area contributed by atoms with Gasteiger partial charge in [-0.1, -0.05) is 0 Å². The van der Waals surface area contributed by atoms with Gasteiger partial charge in [-0.3, -0.25) is 0 Å². The third kappa shape index (κ3) is 3.81. The second kappa shape index (κ2) is 7.01. The lowest BCUT2D eigenvalue weighted by molar-refractivity contribution is -0.227. The van der Waals surface area contributed by atoms with Gasteiger partial charge in [-0.05, 0) is 49.1 Å². The van der Waals surface area contributed by atoms with E-state index in [0.29, 0.717) is 13.1 Å². The number of carbonyl (C=O) groups is 1. The Morgan fingerprint density at radius 3 is 2.41 bits per heavy atom. The summed E-state index contributed by atoms with van der Waals surface area (Å²) < 4.78 is 57.0. The minimum absolute atomic E-state index is 0.166. The number of fused-ring (bicyclic) bond motifs is 1. The van der Waals surface area contributed by atoms with Gasteiger partial charge < -0.3 is 14.7 Å². The average Bonchev–Trinajstić information content (AvgIpc) is 3.05. The summed E-state index contributed by atoms with van der Waals surface area (Å²) in [5.74, 6) is 0.171. The summed E-state index contributed by atoms with van der Waals surface area (Å²) in [5.41, 5.74) is 1.59. The van der Waals surface area contributed by atoms with Gasteiger partial charge in [-0.25, -0.2) is 13.9 Å². The molecule has 10 heteroatoms. The third-order valence-corrected chi connectivity index (χ3v) is 5.56. The van der Waals surface area contributed by atoms with Gasteiger partial charge in [-0.2, -0.15) is 18.3 Å². The number of likely N-dealkylation sites (tertiary alicyclic amines) is 1. The van der Waals surface area contributed by atoms with E-state index in [4.69, 9.17) is 9.84 Å². The van der Waals surface area contributed by atoms with Crippen LogP contribution in [0.5, 0.6) is 0 Å². The maximum absolute atomic E-state index is 13.0. The SMILES string of the molecule is C[C@@H](OC(=O)N1C[C@@H]2[C@H](C1)[C@H]2c1ccn(-c2ccc(F)cc2)n1)[C@@H](O)C(F)(F)F. The minimum atomic E-state index is -4.85. The summed E-state index contributed by atoms with van der Waals surface area (Å²) in [6.07, 6.45) is -8.32. The molecule has 0 radical (unpaired) electrons. The molecule has 4 rings (SSSR count). The first-order chi connectivity index (χ1) is 13.6. The molecule has 6 nitrogen and oxygen atoms in total. The molecule has 1 saturated carbocycles. The van der Waals surface area contributed by atoms with E-state index in [9.17, 15) is 22.4 Å². The zero-order chi connectivity index (χ0) is 20.9. The molecule has 1 N–H and O–H groups in total. The van der Waals surface area contributed by atoms with Crippen molar-refractivity contribution in [3.8, 4) is 5.69 Å². The van der Waals surface area contributed by atoms with Gasteiger partial charge in [0.15, 0.2) is 6.10 Å². The number of carbonyl (C=O) groups excluding carboxylic acids is 1. The maximum Gasteiger partial charge on any atom is 0.418 e. The summed E-state index contributed by atoms with van der Waals surface area (Å²) >= 11 is 0. The normalized spacial score (nSPS) is 25.4. The second-order valence-corrected chi connectivity index (χ2v) is 7.50. The van der Waals surface area contributed by atoms with Gasteiger partial charge in [0, 0.05) is 25.2 Å². The van der Waals surface area contributed by atoms with E-state index >= 15 is 0 Å². The second-order valence-electron chi connectivity index (χ2n) is 7.50. The molecule has 156 valence electrons. The monoisotopic (exact) mass is 413 g/mol. The molecule has 1 saturated heterocycles. The molecule has 2 aromatic rings. The van der Waals surface area contributed by atoms with Crippen molar-refractivity contribution in [2.75, 3.05) is 13.1 Å². The van der Waals surface area contributed by atoms with E-state index in [0.717, 1.165) is 18.3 Å². The van der Waals surface area contributed by atoms with Crippen molar-refractivity contribution >= 4 is 6.09 Å². The number of rotatable bonds is 4. The highest BCUT2D eigenvalue weighted by molar-refractivity contribution is 5.69. The van der Waals surface area contributed by atoms with Gasteiger partial charge in [-0.15, -0.1) is 0 Å². The lowest BCUT2D eigenvalue weighted by atomic mass is 10.2. The Balaban J connectivity index is 1.32. The fourth-order valence-corrected chi connectivity index (χ4v) is 3.93. The minimum Gasteiger partial charge on any atom is -0.443 e. The van der Waals surface area contributed by atoms with Crippen LogP contribution in [0.2, 0.25) is 0 Å². The molecule has 1 aromatic carbocycles. The Morgan fingerprint density at radius 1 is 1.21 bits per heavy atom. The van der Waals surface area contributed by atoms with E-state index in [1.54, 1.807) is 23.0 Å². The molecule has 1 aromatic heterocycles. The van der Waals surface area contributed by atoms with E-state index < -0.39 is 24.5 Å². The van der Waals surface area contributed by atoms with Crippen molar-refractivity contribution in [2.45, 2.75) is 31.2 Å². The van der Waals surface area contributed by atoms with Crippen LogP contribution in [0.4, 0.5) is 22.4 Å². The highest BCUT2D eigenvalue weighted by atomic mass is 19.4. The maximum atomic E-state index is 13.0. The zero-order valence-corrected chi connectivity index (χ0v) is 15.4. The topological polar surface area (TPSA) is 67.6 Å². The van der Waals surface area contributed by atoms with Crippen molar-refractivity contribution < 1.29 is 32.2 Å². The Hall–Kier alpha value is -2.62. The van der Waals surface area contributed by atoms with E-state index in [1.807, 2.05) is 6.07 Å². The van der Waals surface area contributed by atoms with E-state index in [1.165, 1.54) is 17.0 Å². The smallest absolute Gasteiger partial charge is 0.418 e. The molecule has 0 unspecified atom stereocenters. The number of ether oxygens (including phenoxy) is 1. The fourth-order valence-electron chi connectivity index (χ4n) is 3.93. The fraction of sp³-hybridized carbons (Fsp3) is 0.474. The van der Waals surface area contributed by atoms with Crippen molar-refractivity contribution in [1.29, 1.82) is 0 Å². The average molecular weight is 413 g/mol. The number of alkyl halides is 3. The Kier molecular flexibility index (Phi) is 4.76. The highest BCUT2D eigenvalue weighted by Crippen LogP contribution is 2.57. The van der Waals surface area contributed by atoms with Crippen molar-refractivity contribution in [3.05, 3.63) is 48.0 Å². The quantitative estimate of drug-likeness (QED) is 0.783. The molecule has 2 fully saturated rings. The number of aliphatic hydroxyl groups is 1. The van der Waals surface area contributed by atoms with Gasteiger partial charge in [0.1, 0.15) is 11.9 Å². The van der Waals surface area contributed by atoms with Crippen molar-refractivity contribution in [3.63, 3.8) is 0 Å². The molecule has 1 aliphatic carbocycles. The highest BCUT2D eigenvalue weighted by Gasteiger charge is 2.58. The van der Waals surface area contributed by atoms with Crippen LogP contribution in [-0.2, 0) is 4.74 Å². The number of benzene rings is 1. The van der Waals surface area contributed by atoms with Gasteiger partial charge >= 0.3 is 12.3 Å². The Morgan fingerprint density at radius 2 is 1.83 bits per heavy atom. The molecule has 2 heterocycles. The van der Waals surface area contributed by atoms with Crippen LogP contribution in [-0.4, -0.2) is 57.4 Å². The molecule has 2 aliphatic rings. The molecule has 5 atom stereocenters. The largest absolute Gasteiger partial charge is 0.443 e. The summed E-state index contributed by atoms with van der Waals surface area (Å²) in [5, 5.41) is 13.7. The first-order valence-electron chi connectivity index (χ1n) is 9.17. The van der Waals surface area contributed by atoms with Crippen LogP contribution in [0.25, 0.3) is 5.69 Å². The predicted molar refractivity (Wildman–Crippen MR) is 92.8 cm³/mol. The van der Waals surface area contributed by atoms with Crippen LogP contribution >= 0.6 is 0 Å². The number of aromatic nitrogens is 2. The number of hydrogen-bond acceptors (Lipinski definition) is 4. The van der Waals surface area contributed by atoms with Crippen molar-refractivity contribution in [1.82, 2.24) is 14.7 Å². The van der Waals surface area contributed by atoms with E-state index in [-0.39, 0.29) is 23.6 Å². The molecular formula is C19H19F4N3O3. The van der Waals surface area contributed by atoms with Crippen LogP contribution in [0.15, 0.2) is 36.5 Å². The molecule has 0 spiro atoms. The molecular weight excluding hydrogens is 394 g/mol. The Bertz CT molecular complexity index is 887. The number of amides is 1. The van der Waals surface area contributed by atoms with Gasteiger partial charge in [0.25, 0.3) is 0 Å². The summed E-state index contributed by atoms with van der Waals surface area (Å²) in [4.78, 5) is 13.5. The first kappa shape index (κ1) is 19.7. The van der Waals surface area contributed by atoms with Crippen molar-refractivity contribution in [2.24, 2.45) is 11.8 Å².